The summed E-state index contributed by atoms with van der Waals surface area (Å²) in [5, 5.41) is 6.32. The van der Waals surface area contributed by atoms with Gasteiger partial charge in [0, 0.05) is 24.5 Å². The zero-order valence-corrected chi connectivity index (χ0v) is 11.1. The van der Waals surface area contributed by atoms with E-state index >= 15 is 0 Å². The highest BCUT2D eigenvalue weighted by Gasteiger charge is 2.18. The Bertz CT molecular complexity index is 411. The van der Waals surface area contributed by atoms with Crippen molar-refractivity contribution in [3.8, 4) is 0 Å². The Labute approximate surface area is 108 Å². The lowest BCUT2D eigenvalue weighted by molar-refractivity contribution is 0.0937. The molecule has 0 aromatic carbocycles. The van der Waals surface area contributed by atoms with Crippen molar-refractivity contribution in [1.29, 1.82) is 0 Å². The predicted octanol–water partition coefficient (Wildman–Crippen LogP) is 2.57. The van der Waals surface area contributed by atoms with E-state index in [1.165, 1.54) is 12.8 Å². The first-order valence-electron chi connectivity index (χ1n) is 6.67. The summed E-state index contributed by atoms with van der Waals surface area (Å²) in [6.07, 6.45) is 8.00. The Morgan fingerprint density at radius 1 is 1.33 bits per heavy atom. The van der Waals surface area contributed by atoms with Crippen molar-refractivity contribution in [3.05, 3.63) is 24.0 Å². The van der Waals surface area contributed by atoms with Crippen LogP contribution in [0.15, 0.2) is 18.5 Å². The second-order valence-electron chi connectivity index (χ2n) is 5.22. The number of nitrogens with zero attached hydrogens (tertiary/aromatic N) is 1. The molecular formula is C14H21N3O. The van der Waals surface area contributed by atoms with Crippen molar-refractivity contribution in [3.63, 3.8) is 0 Å². The third-order valence-electron chi connectivity index (χ3n) is 3.15. The Morgan fingerprint density at radius 3 is 2.72 bits per heavy atom. The number of carbonyl (C=O) groups is 1. The van der Waals surface area contributed by atoms with E-state index < -0.39 is 0 Å². The van der Waals surface area contributed by atoms with E-state index in [2.05, 4.69) is 29.5 Å². The van der Waals surface area contributed by atoms with Crippen molar-refractivity contribution in [1.82, 2.24) is 10.3 Å². The average molecular weight is 247 g/mol. The molecule has 1 amide bonds. The molecule has 98 valence electrons. The van der Waals surface area contributed by atoms with E-state index in [4.69, 9.17) is 0 Å². The molecule has 4 nitrogen and oxygen atoms in total. The lowest BCUT2D eigenvalue weighted by atomic mass is 10.2. The van der Waals surface area contributed by atoms with Gasteiger partial charge in [0.15, 0.2) is 0 Å². The van der Waals surface area contributed by atoms with E-state index in [9.17, 15) is 4.79 Å². The van der Waals surface area contributed by atoms with Gasteiger partial charge >= 0.3 is 0 Å². The molecule has 0 bridgehead atoms. The minimum atomic E-state index is -0.0122. The highest BCUT2D eigenvalue weighted by Crippen LogP contribution is 2.18. The van der Waals surface area contributed by atoms with Crippen LogP contribution in [0.1, 0.15) is 49.9 Å². The molecule has 1 heterocycles. The SMILES string of the molecule is CC(C)Nc1cncc(C(=O)NC2CCCC2)c1. The van der Waals surface area contributed by atoms with Gasteiger partial charge in [0.25, 0.3) is 5.91 Å². The van der Waals surface area contributed by atoms with E-state index in [1.54, 1.807) is 12.4 Å². The molecule has 2 rings (SSSR count). The lowest BCUT2D eigenvalue weighted by Gasteiger charge is -2.13. The summed E-state index contributed by atoms with van der Waals surface area (Å²) >= 11 is 0. The molecule has 0 radical (unpaired) electrons. The number of anilines is 1. The van der Waals surface area contributed by atoms with Crippen LogP contribution in [0.25, 0.3) is 0 Å². The summed E-state index contributed by atoms with van der Waals surface area (Å²) < 4.78 is 0. The Balaban J connectivity index is 2.00. The number of nitrogens with one attached hydrogen (secondary N) is 2. The highest BCUT2D eigenvalue weighted by molar-refractivity contribution is 5.94. The first kappa shape index (κ1) is 12.9. The molecule has 4 heteroatoms. The zero-order valence-electron chi connectivity index (χ0n) is 11.1. The number of pyridine rings is 1. The second-order valence-corrected chi connectivity index (χ2v) is 5.22. The molecule has 0 aliphatic heterocycles. The molecule has 1 saturated carbocycles. The number of hydrogen-bond donors (Lipinski definition) is 2. The molecule has 1 aromatic rings. The van der Waals surface area contributed by atoms with Gasteiger partial charge in [0.2, 0.25) is 0 Å². The number of aromatic nitrogens is 1. The highest BCUT2D eigenvalue weighted by atomic mass is 16.1. The van der Waals surface area contributed by atoms with Gasteiger partial charge < -0.3 is 10.6 Å². The van der Waals surface area contributed by atoms with Crippen LogP contribution in [0.3, 0.4) is 0 Å². The van der Waals surface area contributed by atoms with Crippen LogP contribution in [0.2, 0.25) is 0 Å². The quantitative estimate of drug-likeness (QED) is 0.859. The van der Waals surface area contributed by atoms with Gasteiger partial charge in [-0.25, -0.2) is 0 Å². The fourth-order valence-corrected chi connectivity index (χ4v) is 2.32. The van der Waals surface area contributed by atoms with Gasteiger partial charge in [0.1, 0.15) is 0 Å². The maximum Gasteiger partial charge on any atom is 0.253 e. The van der Waals surface area contributed by atoms with Crippen molar-refractivity contribution >= 4 is 11.6 Å². The van der Waals surface area contributed by atoms with Gasteiger partial charge in [-0.3, -0.25) is 9.78 Å². The summed E-state index contributed by atoms with van der Waals surface area (Å²) in [6, 6.07) is 2.54. The van der Waals surface area contributed by atoms with Crippen molar-refractivity contribution < 1.29 is 4.79 Å². The number of carbonyl (C=O) groups excluding carboxylic acids is 1. The van der Waals surface area contributed by atoms with Gasteiger partial charge in [-0.1, -0.05) is 12.8 Å². The van der Waals surface area contributed by atoms with Crippen LogP contribution in [0.4, 0.5) is 5.69 Å². The summed E-state index contributed by atoms with van der Waals surface area (Å²) in [5.41, 5.74) is 1.52. The molecular weight excluding hydrogens is 226 g/mol. The molecule has 0 unspecified atom stereocenters. The number of rotatable bonds is 4. The molecule has 1 aliphatic carbocycles. The topological polar surface area (TPSA) is 54.0 Å². The Hall–Kier alpha value is -1.58. The van der Waals surface area contributed by atoms with Gasteiger partial charge in [-0.05, 0) is 32.8 Å². The molecule has 0 saturated heterocycles. The molecule has 18 heavy (non-hydrogen) atoms. The van der Waals surface area contributed by atoms with Crippen LogP contribution < -0.4 is 10.6 Å². The molecule has 1 aromatic heterocycles. The fraction of sp³-hybridized carbons (Fsp3) is 0.571. The summed E-state index contributed by atoms with van der Waals surface area (Å²) in [4.78, 5) is 16.2. The third kappa shape index (κ3) is 3.45. The first-order valence-corrected chi connectivity index (χ1v) is 6.67. The molecule has 0 spiro atoms. The maximum absolute atomic E-state index is 12.1. The van der Waals surface area contributed by atoms with Crippen LogP contribution in [-0.4, -0.2) is 23.0 Å². The Morgan fingerprint density at radius 2 is 2.06 bits per heavy atom. The molecule has 0 atom stereocenters. The smallest absolute Gasteiger partial charge is 0.253 e. The Kier molecular flexibility index (Phi) is 4.18. The number of amides is 1. The summed E-state index contributed by atoms with van der Waals surface area (Å²) in [7, 11) is 0. The molecule has 2 N–H and O–H groups in total. The number of hydrogen-bond acceptors (Lipinski definition) is 3. The predicted molar refractivity (Wildman–Crippen MR) is 72.7 cm³/mol. The standard InChI is InChI=1S/C14H21N3O/c1-10(2)16-13-7-11(8-15-9-13)14(18)17-12-5-3-4-6-12/h7-10,12,16H,3-6H2,1-2H3,(H,17,18). The fourth-order valence-electron chi connectivity index (χ4n) is 2.32. The molecule has 1 aliphatic rings. The average Bonchev–Trinajstić information content (AvgIpc) is 2.81. The van der Waals surface area contributed by atoms with Crippen LogP contribution >= 0.6 is 0 Å². The second kappa shape index (κ2) is 5.85. The van der Waals surface area contributed by atoms with E-state index in [1.807, 2.05) is 6.07 Å². The summed E-state index contributed by atoms with van der Waals surface area (Å²) in [5.74, 6) is -0.0122. The van der Waals surface area contributed by atoms with Crippen LogP contribution in [0, 0.1) is 0 Å². The van der Waals surface area contributed by atoms with Crippen molar-refractivity contribution in [2.75, 3.05) is 5.32 Å². The van der Waals surface area contributed by atoms with Gasteiger partial charge in [0.05, 0.1) is 11.3 Å². The minimum Gasteiger partial charge on any atom is -0.382 e. The zero-order chi connectivity index (χ0) is 13.0. The van der Waals surface area contributed by atoms with Crippen LogP contribution in [0.5, 0.6) is 0 Å². The van der Waals surface area contributed by atoms with Crippen molar-refractivity contribution in [2.45, 2.75) is 51.6 Å². The van der Waals surface area contributed by atoms with E-state index in [0.29, 0.717) is 17.6 Å². The largest absolute Gasteiger partial charge is 0.382 e. The summed E-state index contributed by atoms with van der Waals surface area (Å²) in [6.45, 7) is 4.12. The monoisotopic (exact) mass is 247 g/mol. The third-order valence-corrected chi connectivity index (χ3v) is 3.15. The van der Waals surface area contributed by atoms with E-state index in [-0.39, 0.29) is 5.91 Å². The minimum absolute atomic E-state index is 0.0122. The van der Waals surface area contributed by atoms with Crippen LogP contribution in [-0.2, 0) is 0 Å². The first-order chi connectivity index (χ1) is 8.65. The lowest BCUT2D eigenvalue weighted by Crippen LogP contribution is -2.32. The maximum atomic E-state index is 12.1. The van der Waals surface area contributed by atoms with E-state index in [0.717, 1.165) is 18.5 Å². The van der Waals surface area contributed by atoms with Crippen molar-refractivity contribution in [2.24, 2.45) is 0 Å². The normalized spacial score (nSPS) is 15.9. The van der Waals surface area contributed by atoms with Gasteiger partial charge in [-0.15, -0.1) is 0 Å². The molecule has 1 fully saturated rings. The van der Waals surface area contributed by atoms with Gasteiger partial charge in [-0.2, -0.15) is 0 Å².